The van der Waals surface area contributed by atoms with E-state index < -0.39 is 16.1 Å². The van der Waals surface area contributed by atoms with E-state index in [4.69, 9.17) is 0 Å². The Kier molecular flexibility index (Phi) is 7.79. The molecule has 1 heterocycles. The van der Waals surface area contributed by atoms with Crippen molar-refractivity contribution < 1.29 is 18.0 Å². The number of hydrogen-bond acceptors (Lipinski definition) is 4. The predicted molar refractivity (Wildman–Crippen MR) is 104 cm³/mol. The third-order valence-corrected chi connectivity index (χ3v) is 6.47. The molecular formula is C19H29N3O4S. The lowest BCUT2D eigenvalue weighted by Gasteiger charge is -2.25. The second-order valence-electron chi connectivity index (χ2n) is 6.87. The topological polar surface area (TPSA) is 95.6 Å². The van der Waals surface area contributed by atoms with Gasteiger partial charge in [0, 0.05) is 19.6 Å². The van der Waals surface area contributed by atoms with E-state index in [1.807, 2.05) is 6.92 Å². The molecule has 2 amide bonds. The maximum Gasteiger partial charge on any atom is 0.243 e. The molecule has 1 saturated heterocycles. The molecule has 0 aliphatic carbocycles. The van der Waals surface area contributed by atoms with Crippen LogP contribution in [-0.4, -0.2) is 50.2 Å². The Morgan fingerprint density at radius 3 is 2.33 bits per heavy atom. The average Bonchev–Trinajstić information content (AvgIpc) is 2.67. The molecule has 8 heteroatoms. The normalized spacial score (nSPS) is 16.5. The molecule has 0 radical (unpaired) electrons. The molecule has 0 aromatic heterocycles. The molecule has 0 spiro atoms. The molecule has 2 rings (SSSR count). The smallest absolute Gasteiger partial charge is 0.243 e. The number of nitrogens with one attached hydrogen (secondary N) is 2. The summed E-state index contributed by atoms with van der Waals surface area (Å²) in [5.41, 5.74) is 0.700. The zero-order valence-electron chi connectivity index (χ0n) is 16.0. The van der Waals surface area contributed by atoms with Crippen molar-refractivity contribution in [3.63, 3.8) is 0 Å². The fraction of sp³-hybridized carbons (Fsp3) is 0.579. The van der Waals surface area contributed by atoms with Crippen molar-refractivity contribution in [2.75, 3.05) is 19.6 Å². The summed E-state index contributed by atoms with van der Waals surface area (Å²) in [5, 5.41) is 5.39. The van der Waals surface area contributed by atoms with Gasteiger partial charge in [-0.25, -0.2) is 8.42 Å². The molecule has 27 heavy (non-hydrogen) atoms. The Labute approximate surface area is 161 Å². The first-order chi connectivity index (χ1) is 12.8. The Morgan fingerprint density at radius 2 is 1.74 bits per heavy atom. The minimum atomic E-state index is -3.47. The number of carbonyl (C=O) groups is 2. The summed E-state index contributed by atoms with van der Waals surface area (Å²) >= 11 is 0. The van der Waals surface area contributed by atoms with Gasteiger partial charge in [0.2, 0.25) is 21.8 Å². The molecule has 1 aliphatic rings. The van der Waals surface area contributed by atoms with Crippen molar-refractivity contribution in [1.29, 1.82) is 0 Å². The molecule has 1 atom stereocenters. The minimum Gasteiger partial charge on any atom is -0.354 e. The van der Waals surface area contributed by atoms with Crippen LogP contribution in [0.5, 0.6) is 0 Å². The number of sulfonamides is 1. The summed E-state index contributed by atoms with van der Waals surface area (Å²) in [5.74, 6) is -0.492. The quantitative estimate of drug-likeness (QED) is 0.696. The highest BCUT2D eigenvalue weighted by atomic mass is 32.2. The van der Waals surface area contributed by atoms with Crippen LogP contribution in [0.2, 0.25) is 0 Å². The van der Waals surface area contributed by atoms with Gasteiger partial charge in [0.25, 0.3) is 0 Å². The van der Waals surface area contributed by atoms with Crippen molar-refractivity contribution >= 4 is 21.8 Å². The van der Waals surface area contributed by atoms with Crippen LogP contribution in [-0.2, 0) is 26.0 Å². The fourth-order valence-corrected chi connectivity index (χ4v) is 4.50. The largest absolute Gasteiger partial charge is 0.354 e. The summed E-state index contributed by atoms with van der Waals surface area (Å²) in [6, 6.07) is 5.78. The third kappa shape index (κ3) is 6.04. The third-order valence-electron chi connectivity index (χ3n) is 4.56. The zero-order valence-corrected chi connectivity index (χ0v) is 16.8. The molecule has 1 aliphatic heterocycles. The number of nitrogens with zero attached hydrogens (tertiary/aromatic N) is 1. The highest BCUT2D eigenvalue weighted by molar-refractivity contribution is 7.89. The number of amides is 2. The van der Waals surface area contributed by atoms with Crippen molar-refractivity contribution in [2.24, 2.45) is 0 Å². The van der Waals surface area contributed by atoms with E-state index in [2.05, 4.69) is 10.6 Å². The van der Waals surface area contributed by atoms with Crippen molar-refractivity contribution in [3.05, 3.63) is 29.8 Å². The van der Waals surface area contributed by atoms with Gasteiger partial charge in [-0.3, -0.25) is 9.59 Å². The molecule has 1 aromatic rings. The first-order valence-corrected chi connectivity index (χ1v) is 10.9. The van der Waals surface area contributed by atoms with E-state index in [9.17, 15) is 18.0 Å². The number of carbonyl (C=O) groups excluding carboxylic acids is 2. The highest BCUT2D eigenvalue weighted by Crippen LogP contribution is 2.20. The maximum atomic E-state index is 12.6. The average molecular weight is 396 g/mol. The fourth-order valence-electron chi connectivity index (χ4n) is 2.98. The molecular weight excluding hydrogens is 366 g/mol. The maximum absolute atomic E-state index is 12.6. The van der Waals surface area contributed by atoms with Crippen molar-refractivity contribution in [3.8, 4) is 0 Å². The predicted octanol–water partition coefficient (Wildman–Crippen LogP) is 1.43. The minimum absolute atomic E-state index is 0.0927. The summed E-state index contributed by atoms with van der Waals surface area (Å²) in [6.45, 7) is 5.29. The molecule has 1 aromatic carbocycles. The Hall–Kier alpha value is -1.93. The summed E-state index contributed by atoms with van der Waals surface area (Å²) in [4.78, 5) is 24.2. The Balaban J connectivity index is 1.93. The first kappa shape index (κ1) is 21.4. The molecule has 2 N–H and O–H groups in total. The molecule has 1 fully saturated rings. The Bertz CT molecular complexity index is 741. The second-order valence-corrected chi connectivity index (χ2v) is 8.80. The first-order valence-electron chi connectivity index (χ1n) is 9.50. The lowest BCUT2D eigenvalue weighted by Crippen LogP contribution is -2.45. The number of hydrogen-bond donors (Lipinski definition) is 2. The van der Waals surface area contributed by atoms with Crippen LogP contribution in [0.4, 0.5) is 0 Å². The van der Waals surface area contributed by atoms with E-state index in [0.717, 1.165) is 25.7 Å². The van der Waals surface area contributed by atoms with Crippen LogP contribution in [0.1, 0.15) is 45.1 Å². The van der Waals surface area contributed by atoms with E-state index >= 15 is 0 Å². The molecule has 0 bridgehead atoms. The van der Waals surface area contributed by atoms with Crippen LogP contribution in [0, 0.1) is 0 Å². The van der Waals surface area contributed by atoms with E-state index in [1.54, 1.807) is 31.2 Å². The van der Waals surface area contributed by atoms with Crippen LogP contribution < -0.4 is 10.6 Å². The summed E-state index contributed by atoms with van der Waals surface area (Å²) in [7, 11) is -3.47. The van der Waals surface area contributed by atoms with Crippen LogP contribution in [0.3, 0.4) is 0 Å². The van der Waals surface area contributed by atoms with Gasteiger partial charge in [-0.15, -0.1) is 0 Å². The highest BCUT2D eigenvalue weighted by Gasteiger charge is 2.25. The number of rotatable bonds is 8. The van der Waals surface area contributed by atoms with Crippen LogP contribution in [0.25, 0.3) is 0 Å². The lowest BCUT2D eigenvalue weighted by atomic mass is 10.1. The number of piperidine rings is 1. The molecule has 0 saturated carbocycles. The molecule has 0 unspecified atom stereocenters. The van der Waals surface area contributed by atoms with Gasteiger partial charge in [-0.05, 0) is 43.9 Å². The van der Waals surface area contributed by atoms with E-state index in [-0.39, 0.29) is 23.1 Å². The zero-order chi connectivity index (χ0) is 19.9. The van der Waals surface area contributed by atoms with Crippen molar-refractivity contribution in [2.45, 2.75) is 56.9 Å². The van der Waals surface area contributed by atoms with E-state index in [1.165, 1.54) is 4.31 Å². The standard InChI is InChI=1S/C19H29N3O4S/c1-3-11-20-19(24)15(2)21-18(23)14-16-7-9-17(10-8-16)27(25,26)22-12-5-4-6-13-22/h7-10,15H,3-6,11-14H2,1-2H3,(H,20,24)(H,21,23)/t15-/m0/s1. The monoisotopic (exact) mass is 395 g/mol. The Morgan fingerprint density at radius 1 is 1.11 bits per heavy atom. The SMILES string of the molecule is CCCNC(=O)[C@H](C)NC(=O)Cc1ccc(S(=O)(=O)N2CCCCC2)cc1. The second kappa shape index (κ2) is 9.85. The van der Waals surface area contributed by atoms with Gasteiger partial charge in [-0.2, -0.15) is 4.31 Å². The molecule has 150 valence electrons. The van der Waals surface area contributed by atoms with Crippen LogP contribution >= 0.6 is 0 Å². The van der Waals surface area contributed by atoms with Crippen LogP contribution in [0.15, 0.2) is 29.2 Å². The number of benzene rings is 1. The molecule has 7 nitrogen and oxygen atoms in total. The van der Waals surface area contributed by atoms with Gasteiger partial charge in [0.1, 0.15) is 6.04 Å². The van der Waals surface area contributed by atoms with Crippen molar-refractivity contribution in [1.82, 2.24) is 14.9 Å². The summed E-state index contributed by atoms with van der Waals surface area (Å²) in [6.07, 6.45) is 3.77. The van der Waals surface area contributed by atoms with E-state index in [0.29, 0.717) is 25.2 Å². The van der Waals surface area contributed by atoms with Gasteiger partial charge in [0.05, 0.1) is 11.3 Å². The van der Waals surface area contributed by atoms with Gasteiger partial charge < -0.3 is 10.6 Å². The summed E-state index contributed by atoms with van der Waals surface area (Å²) < 4.78 is 26.8. The van der Waals surface area contributed by atoms with Gasteiger partial charge in [0.15, 0.2) is 0 Å². The lowest BCUT2D eigenvalue weighted by molar-refractivity contribution is -0.128. The van der Waals surface area contributed by atoms with Gasteiger partial charge >= 0.3 is 0 Å². The van der Waals surface area contributed by atoms with Gasteiger partial charge in [-0.1, -0.05) is 25.5 Å².